The summed E-state index contributed by atoms with van der Waals surface area (Å²) in [6.07, 6.45) is 2.03. The van der Waals surface area contributed by atoms with Crippen molar-refractivity contribution in [1.82, 2.24) is 9.62 Å². The highest BCUT2D eigenvalue weighted by Gasteiger charge is 2.16. The molecule has 0 unspecified atom stereocenters. The Hall–Kier alpha value is -0.910. The van der Waals surface area contributed by atoms with Gasteiger partial charge in [0.2, 0.25) is 10.0 Å². The number of nitrogens with zero attached hydrogens (tertiary/aromatic N) is 1. The molecule has 102 valence electrons. The Kier molecular flexibility index (Phi) is 5.78. The molecule has 0 saturated carbocycles. The van der Waals surface area contributed by atoms with Crippen molar-refractivity contribution in [1.29, 1.82) is 0 Å². The summed E-state index contributed by atoms with van der Waals surface area (Å²) in [6, 6.07) is 7.14. The Morgan fingerprint density at radius 2 is 1.78 bits per heavy atom. The summed E-state index contributed by atoms with van der Waals surface area (Å²) in [4.78, 5) is 0.350. The van der Waals surface area contributed by atoms with Crippen LogP contribution in [0, 0.1) is 0 Å². The third-order valence-corrected chi connectivity index (χ3v) is 4.60. The lowest BCUT2D eigenvalue weighted by atomic mass is 10.1. The molecule has 0 aliphatic rings. The van der Waals surface area contributed by atoms with Gasteiger partial charge in [0.05, 0.1) is 4.90 Å². The first-order valence-electron chi connectivity index (χ1n) is 6.20. The molecule has 0 heterocycles. The van der Waals surface area contributed by atoms with Crippen LogP contribution in [0.5, 0.6) is 0 Å². The maximum Gasteiger partial charge on any atom is 0.242 e. The highest BCUT2D eigenvalue weighted by atomic mass is 32.2. The van der Waals surface area contributed by atoms with Gasteiger partial charge >= 0.3 is 0 Å². The minimum Gasteiger partial charge on any atom is -0.317 e. The second-order valence-corrected chi connectivity index (χ2v) is 6.54. The summed E-state index contributed by atoms with van der Waals surface area (Å²) in [6.45, 7) is 4.06. The number of aryl methyl sites for hydroxylation is 1. The second-order valence-electron chi connectivity index (χ2n) is 4.39. The van der Waals surface area contributed by atoms with E-state index in [1.165, 1.54) is 9.87 Å². The Bertz CT molecular complexity index is 452. The second kappa shape index (κ2) is 6.87. The fraction of sp³-hybridized carbons (Fsp3) is 0.538. The lowest BCUT2D eigenvalue weighted by Gasteiger charge is -2.11. The third kappa shape index (κ3) is 4.08. The van der Waals surface area contributed by atoms with Crippen molar-refractivity contribution < 1.29 is 8.42 Å². The van der Waals surface area contributed by atoms with Crippen LogP contribution in [0.25, 0.3) is 0 Å². The van der Waals surface area contributed by atoms with Gasteiger partial charge in [-0.3, -0.25) is 0 Å². The van der Waals surface area contributed by atoms with Gasteiger partial charge in [-0.1, -0.05) is 19.1 Å². The number of hydrogen-bond donors (Lipinski definition) is 1. The smallest absolute Gasteiger partial charge is 0.242 e. The minimum absolute atomic E-state index is 0.350. The molecule has 0 fully saturated rings. The van der Waals surface area contributed by atoms with Crippen LogP contribution < -0.4 is 5.32 Å². The molecule has 0 radical (unpaired) electrons. The van der Waals surface area contributed by atoms with Crippen LogP contribution in [-0.2, 0) is 16.4 Å². The number of sulfonamides is 1. The molecule has 0 aromatic heterocycles. The van der Waals surface area contributed by atoms with Crippen molar-refractivity contribution in [2.45, 2.75) is 24.7 Å². The minimum atomic E-state index is -3.30. The zero-order chi connectivity index (χ0) is 13.6. The number of nitrogens with one attached hydrogen (secondary N) is 1. The predicted molar refractivity (Wildman–Crippen MR) is 74.2 cm³/mol. The summed E-state index contributed by atoms with van der Waals surface area (Å²) in [7, 11) is -0.219. The van der Waals surface area contributed by atoms with Gasteiger partial charge in [0, 0.05) is 14.1 Å². The molecule has 0 saturated heterocycles. The van der Waals surface area contributed by atoms with Gasteiger partial charge in [-0.2, -0.15) is 0 Å². The fourth-order valence-electron chi connectivity index (χ4n) is 1.63. The van der Waals surface area contributed by atoms with E-state index >= 15 is 0 Å². The Labute approximate surface area is 110 Å². The molecule has 1 rings (SSSR count). The SMILES string of the molecule is CCNCCCc1ccc(S(=O)(=O)N(C)C)cc1. The van der Waals surface area contributed by atoms with E-state index < -0.39 is 10.0 Å². The molecule has 0 amide bonds. The quantitative estimate of drug-likeness (QED) is 0.764. The maximum absolute atomic E-state index is 11.9. The molecule has 0 aliphatic heterocycles. The van der Waals surface area contributed by atoms with E-state index in [0.29, 0.717) is 4.90 Å². The normalized spacial score (nSPS) is 12.0. The monoisotopic (exact) mass is 270 g/mol. The summed E-state index contributed by atoms with van der Waals surface area (Å²) in [5.41, 5.74) is 1.17. The molecular weight excluding hydrogens is 248 g/mol. The van der Waals surface area contributed by atoms with Gasteiger partial charge in [0.15, 0.2) is 0 Å². The molecule has 1 N–H and O–H groups in total. The zero-order valence-electron chi connectivity index (χ0n) is 11.3. The van der Waals surface area contributed by atoms with Crippen molar-refractivity contribution in [3.8, 4) is 0 Å². The molecule has 0 aliphatic carbocycles. The Morgan fingerprint density at radius 1 is 1.17 bits per heavy atom. The van der Waals surface area contributed by atoms with Crippen molar-refractivity contribution >= 4 is 10.0 Å². The van der Waals surface area contributed by atoms with Crippen LogP contribution in [0.3, 0.4) is 0 Å². The van der Waals surface area contributed by atoms with E-state index in [-0.39, 0.29) is 0 Å². The van der Waals surface area contributed by atoms with E-state index in [9.17, 15) is 8.42 Å². The highest BCUT2D eigenvalue weighted by molar-refractivity contribution is 7.89. The van der Waals surface area contributed by atoms with E-state index in [1.54, 1.807) is 26.2 Å². The number of rotatable bonds is 7. The summed E-state index contributed by atoms with van der Waals surface area (Å²) in [5.74, 6) is 0. The van der Waals surface area contributed by atoms with E-state index in [2.05, 4.69) is 12.2 Å². The van der Waals surface area contributed by atoms with Crippen molar-refractivity contribution in [3.05, 3.63) is 29.8 Å². The van der Waals surface area contributed by atoms with Crippen LogP contribution in [0.1, 0.15) is 18.9 Å². The lowest BCUT2D eigenvalue weighted by molar-refractivity contribution is 0.520. The topological polar surface area (TPSA) is 49.4 Å². The van der Waals surface area contributed by atoms with Crippen molar-refractivity contribution in [2.24, 2.45) is 0 Å². The molecule has 0 bridgehead atoms. The van der Waals surface area contributed by atoms with Crippen LogP contribution in [0.2, 0.25) is 0 Å². The summed E-state index contributed by atoms with van der Waals surface area (Å²) < 4.78 is 24.9. The first kappa shape index (κ1) is 15.1. The van der Waals surface area contributed by atoms with E-state index in [0.717, 1.165) is 25.9 Å². The Balaban J connectivity index is 2.63. The maximum atomic E-state index is 11.9. The molecule has 1 aromatic rings. The van der Waals surface area contributed by atoms with Crippen LogP contribution >= 0.6 is 0 Å². The predicted octanol–water partition coefficient (Wildman–Crippen LogP) is 1.48. The van der Waals surface area contributed by atoms with Crippen molar-refractivity contribution in [3.63, 3.8) is 0 Å². The summed E-state index contributed by atoms with van der Waals surface area (Å²) >= 11 is 0. The molecule has 5 heteroatoms. The summed E-state index contributed by atoms with van der Waals surface area (Å²) in [5, 5.41) is 3.27. The van der Waals surface area contributed by atoms with Crippen LogP contribution in [0.4, 0.5) is 0 Å². The van der Waals surface area contributed by atoms with Crippen LogP contribution in [0.15, 0.2) is 29.2 Å². The van der Waals surface area contributed by atoms with Gasteiger partial charge in [0.1, 0.15) is 0 Å². The van der Waals surface area contributed by atoms with Gasteiger partial charge in [-0.05, 0) is 43.6 Å². The lowest BCUT2D eigenvalue weighted by Crippen LogP contribution is -2.22. The largest absolute Gasteiger partial charge is 0.317 e. The molecule has 18 heavy (non-hydrogen) atoms. The first-order chi connectivity index (χ1) is 8.48. The standard InChI is InChI=1S/C13H22N2O2S/c1-4-14-11-5-6-12-7-9-13(10-8-12)18(16,17)15(2)3/h7-10,14H,4-6,11H2,1-3H3. The third-order valence-electron chi connectivity index (χ3n) is 2.77. The molecule has 1 aromatic carbocycles. The van der Waals surface area contributed by atoms with Gasteiger partial charge in [0.25, 0.3) is 0 Å². The number of benzene rings is 1. The fourth-order valence-corrected chi connectivity index (χ4v) is 2.53. The molecule has 0 atom stereocenters. The zero-order valence-corrected chi connectivity index (χ0v) is 12.1. The van der Waals surface area contributed by atoms with E-state index in [4.69, 9.17) is 0 Å². The van der Waals surface area contributed by atoms with Gasteiger partial charge in [-0.15, -0.1) is 0 Å². The Morgan fingerprint density at radius 3 is 2.28 bits per heavy atom. The highest BCUT2D eigenvalue weighted by Crippen LogP contribution is 2.14. The number of hydrogen-bond acceptors (Lipinski definition) is 3. The van der Waals surface area contributed by atoms with Crippen LogP contribution in [-0.4, -0.2) is 39.9 Å². The first-order valence-corrected chi connectivity index (χ1v) is 7.64. The molecular formula is C13H22N2O2S. The van der Waals surface area contributed by atoms with Gasteiger partial charge < -0.3 is 5.32 Å². The average Bonchev–Trinajstić information content (AvgIpc) is 2.35. The van der Waals surface area contributed by atoms with Crippen molar-refractivity contribution in [2.75, 3.05) is 27.2 Å². The van der Waals surface area contributed by atoms with Gasteiger partial charge in [-0.25, -0.2) is 12.7 Å². The van der Waals surface area contributed by atoms with E-state index in [1.807, 2.05) is 12.1 Å². The molecule has 4 nitrogen and oxygen atoms in total. The molecule has 0 spiro atoms. The average molecular weight is 270 g/mol.